The van der Waals surface area contributed by atoms with Crippen molar-refractivity contribution < 1.29 is 29.9 Å². The van der Waals surface area contributed by atoms with Crippen molar-refractivity contribution in [3.05, 3.63) is 24.0 Å². The average Bonchev–Trinajstić information content (AvgIpc) is 2.43. The van der Waals surface area contributed by atoms with Gasteiger partial charge in [-0.05, 0) is 25.1 Å². The van der Waals surface area contributed by atoms with E-state index in [1.165, 1.54) is 0 Å². The van der Waals surface area contributed by atoms with Gasteiger partial charge in [0.25, 0.3) is 0 Å². The van der Waals surface area contributed by atoms with E-state index in [1.807, 2.05) is 29.7 Å². The van der Waals surface area contributed by atoms with E-state index in [0.717, 1.165) is 16.9 Å². The number of aliphatic hydroxyl groups is 1. The Labute approximate surface area is 106 Å². The Morgan fingerprint density at radius 1 is 1.38 bits per heavy atom. The summed E-state index contributed by atoms with van der Waals surface area (Å²) in [5.74, 6) is 0.902. The third-order valence-corrected chi connectivity index (χ3v) is 2.29. The lowest BCUT2D eigenvalue weighted by atomic mass is 10.3. The van der Waals surface area contributed by atoms with Crippen LogP contribution >= 0.6 is 0 Å². The molecule has 1 aromatic heterocycles. The number of halogens is 2. The normalized spacial score (nSPS) is 9.62. The zero-order chi connectivity index (χ0) is 10.1. The molecule has 16 heavy (non-hydrogen) atoms. The van der Waals surface area contributed by atoms with Crippen LogP contribution in [0.25, 0.3) is 11.0 Å². The van der Waals surface area contributed by atoms with Crippen LogP contribution in [-0.4, -0.2) is 21.3 Å². The minimum absolute atomic E-state index is 0. The Kier molecular flexibility index (Phi) is 5.58. The van der Waals surface area contributed by atoms with Gasteiger partial charge in [-0.25, -0.2) is 4.98 Å². The van der Waals surface area contributed by atoms with Crippen molar-refractivity contribution in [1.82, 2.24) is 9.55 Å². The Hall–Kier alpha value is -0.970. The minimum atomic E-state index is 0. The Bertz CT molecular complexity index is 470. The number of fused-ring (bicyclic) bond motifs is 1. The van der Waals surface area contributed by atoms with Crippen LogP contribution in [0.4, 0.5) is 5.69 Å². The summed E-state index contributed by atoms with van der Waals surface area (Å²) in [7, 11) is 0. The highest BCUT2D eigenvalue weighted by Gasteiger charge is 2.06. The van der Waals surface area contributed by atoms with Gasteiger partial charge in [-0.15, -0.1) is 0 Å². The molecule has 0 radical (unpaired) electrons. The van der Waals surface area contributed by atoms with Gasteiger partial charge >= 0.3 is 0 Å². The van der Waals surface area contributed by atoms with E-state index in [1.54, 1.807) is 0 Å². The van der Waals surface area contributed by atoms with Gasteiger partial charge in [0.1, 0.15) is 5.82 Å². The molecule has 1 aromatic carbocycles. The number of rotatable bonds is 2. The second-order valence-corrected chi connectivity index (χ2v) is 3.28. The van der Waals surface area contributed by atoms with Crippen LogP contribution < -0.4 is 30.5 Å². The van der Waals surface area contributed by atoms with Gasteiger partial charge in [-0.1, -0.05) is 0 Å². The van der Waals surface area contributed by atoms with Gasteiger partial charge in [-0.3, -0.25) is 0 Å². The van der Waals surface area contributed by atoms with Crippen LogP contribution in [0.5, 0.6) is 0 Å². The summed E-state index contributed by atoms with van der Waals surface area (Å²) in [6.07, 6.45) is 0. The molecule has 0 saturated heterocycles. The monoisotopic (exact) mass is 261 g/mol. The van der Waals surface area contributed by atoms with Crippen LogP contribution in [0.3, 0.4) is 0 Å². The third kappa shape index (κ3) is 2.58. The van der Waals surface area contributed by atoms with Gasteiger partial charge in [-0.2, -0.15) is 0 Å². The number of anilines is 1. The molecule has 3 N–H and O–H groups in total. The molecule has 0 aliphatic carbocycles. The van der Waals surface area contributed by atoms with Gasteiger partial charge in [0.2, 0.25) is 0 Å². The van der Waals surface area contributed by atoms with E-state index in [2.05, 4.69) is 4.98 Å². The first-order valence-corrected chi connectivity index (χ1v) is 4.55. The Morgan fingerprint density at radius 2 is 2.06 bits per heavy atom. The van der Waals surface area contributed by atoms with Crippen LogP contribution in [0.15, 0.2) is 18.2 Å². The maximum Gasteiger partial charge on any atom is 0.106 e. The lowest BCUT2D eigenvalue weighted by Gasteiger charge is -2.03. The van der Waals surface area contributed by atoms with Crippen LogP contribution in [0, 0.1) is 6.92 Å². The van der Waals surface area contributed by atoms with Crippen molar-refractivity contribution in [3.63, 3.8) is 0 Å². The molecule has 0 aliphatic rings. The van der Waals surface area contributed by atoms with Crippen molar-refractivity contribution in [2.24, 2.45) is 0 Å². The molecule has 0 unspecified atom stereocenters. The molecule has 0 spiro atoms. The molecule has 0 atom stereocenters. The van der Waals surface area contributed by atoms with Crippen molar-refractivity contribution in [1.29, 1.82) is 0 Å². The molecule has 1 heterocycles. The summed E-state index contributed by atoms with van der Waals surface area (Å²) < 4.78 is 1.98. The largest absolute Gasteiger partial charge is 1.00 e. The standard InChI is InChI=1S/C10H13N3O.2ClH/c1-7-12-9-6-8(11)2-3-10(9)13(7)4-5-14;;/h2-3,6,14H,4-5,11H2,1H3;2*1H/p-2. The van der Waals surface area contributed by atoms with Crippen molar-refractivity contribution in [3.8, 4) is 0 Å². The summed E-state index contributed by atoms with van der Waals surface area (Å²) in [6.45, 7) is 2.62. The van der Waals surface area contributed by atoms with Crippen LogP contribution in [-0.2, 0) is 6.54 Å². The molecule has 0 saturated carbocycles. The fourth-order valence-electron chi connectivity index (χ4n) is 1.65. The summed E-state index contributed by atoms with van der Waals surface area (Å²) >= 11 is 0. The molecule has 2 aromatic rings. The number of hydrogen-bond donors (Lipinski definition) is 2. The molecular formula is C10H13Cl2N3O-2. The van der Waals surface area contributed by atoms with Crippen LogP contribution in [0.2, 0.25) is 0 Å². The zero-order valence-electron chi connectivity index (χ0n) is 8.82. The second-order valence-electron chi connectivity index (χ2n) is 3.28. The number of imidazole rings is 1. The molecule has 0 aliphatic heterocycles. The molecular weight excluding hydrogens is 249 g/mol. The second kappa shape index (κ2) is 5.94. The first kappa shape index (κ1) is 15.0. The van der Waals surface area contributed by atoms with Crippen molar-refractivity contribution >= 4 is 16.7 Å². The maximum atomic E-state index is 8.90. The number of benzene rings is 1. The molecule has 6 heteroatoms. The Morgan fingerprint density at radius 3 is 2.69 bits per heavy atom. The van der Waals surface area contributed by atoms with Crippen molar-refractivity contribution in [2.75, 3.05) is 12.3 Å². The average molecular weight is 262 g/mol. The number of nitrogens with zero attached hydrogens (tertiary/aromatic N) is 2. The van der Waals surface area contributed by atoms with Crippen LogP contribution in [0.1, 0.15) is 5.82 Å². The smallest absolute Gasteiger partial charge is 0.106 e. The molecule has 0 fully saturated rings. The van der Waals surface area contributed by atoms with E-state index >= 15 is 0 Å². The lowest BCUT2D eigenvalue weighted by molar-refractivity contribution is -0.001000. The quantitative estimate of drug-likeness (QED) is 0.532. The predicted molar refractivity (Wildman–Crippen MR) is 56.0 cm³/mol. The molecule has 0 amide bonds. The van der Waals surface area contributed by atoms with Crippen molar-refractivity contribution in [2.45, 2.75) is 13.5 Å². The van der Waals surface area contributed by atoms with E-state index < -0.39 is 0 Å². The number of nitrogen functional groups attached to an aromatic ring is 1. The third-order valence-electron chi connectivity index (χ3n) is 2.29. The first-order valence-electron chi connectivity index (χ1n) is 4.55. The predicted octanol–water partition coefficient (Wildman–Crippen LogP) is -5.07. The summed E-state index contributed by atoms with van der Waals surface area (Å²) in [5.41, 5.74) is 8.28. The highest BCUT2D eigenvalue weighted by Crippen LogP contribution is 2.18. The molecule has 0 bridgehead atoms. The van der Waals surface area contributed by atoms with Gasteiger partial charge < -0.3 is 40.2 Å². The number of nitrogens with two attached hydrogens (primary N) is 1. The molecule has 90 valence electrons. The summed E-state index contributed by atoms with van der Waals surface area (Å²) in [5, 5.41) is 8.90. The van der Waals surface area contributed by atoms with E-state index in [9.17, 15) is 0 Å². The number of hydrogen-bond acceptors (Lipinski definition) is 3. The number of aromatic nitrogens is 2. The van der Waals surface area contributed by atoms with Gasteiger partial charge in [0, 0.05) is 12.2 Å². The maximum absolute atomic E-state index is 8.90. The molecule has 2 rings (SSSR count). The highest BCUT2D eigenvalue weighted by molar-refractivity contribution is 5.79. The van der Waals surface area contributed by atoms with Gasteiger partial charge in [0.05, 0.1) is 17.6 Å². The summed E-state index contributed by atoms with van der Waals surface area (Å²) in [6, 6.07) is 5.62. The van der Waals surface area contributed by atoms with E-state index in [4.69, 9.17) is 10.8 Å². The topological polar surface area (TPSA) is 64.1 Å². The molecule has 4 nitrogen and oxygen atoms in total. The fraction of sp³-hybridized carbons (Fsp3) is 0.300. The SMILES string of the molecule is Cc1nc2cc(N)ccc2n1CCO.[Cl-].[Cl-]. The first-order chi connectivity index (χ1) is 6.72. The Balaban J connectivity index is 0.00000112. The fourth-order valence-corrected chi connectivity index (χ4v) is 1.65. The van der Waals surface area contributed by atoms with E-state index in [-0.39, 0.29) is 31.4 Å². The minimum Gasteiger partial charge on any atom is -1.00 e. The highest BCUT2D eigenvalue weighted by atomic mass is 35.5. The lowest BCUT2D eigenvalue weighted by Crippen LogP contribution is -3.00. The van der Waals surface area contributed by atoms with Gasteiger partial charge in [0.15, 0.2) is 0 Å². The number of aryl methyl sites for hydroxylation is 1. The zero-order valence-corrected chi connectivity index (χ0v) is 10.3. The van der Waals surface area contributed by atoms with E-state index in [0.29, 0.717) is 12.2 Å². The summed E-state index contributed by atoms with van der Waals surface area (Å²) in [4.78, 5) is 4.36. The number of aliphatic hydroxyl groups excluding tert-OH is 1.